The van der Waals surface area contributed by atoms with Gasteiger partial charge in [-0.25, -0.2) is 9.13 Å². The highest BCUT2D eigenvalue weighted by Gasteiger charge is 2.29. The topological polar surface area (TPSA) is 231 Å². The second kappa shape index (κ2) is 72.3. The molecule has 0 saturated heterocycles. The third kappa shape index (κ3) is 73.5. The number of hydrogen-bond acceptors (Lipinski definition) is 14. The molecule has 16 nitrogen and oxygen atoms in total. The van der Waals surface area contributed by atoms with Gasteiger partial charge in [0.2, 0.25) is 0 Å². The molecule has 0 rings (SSSR count). The van der Waals surface area contributed by atoms with Gasteiger partial charge in [-0.2, -0.15) is 0 Å². The molecule has 562 valence electrons. The molecule has 0 heterocycles. The fourth-order valence-electron chi connectivity index (χ4n) is 10.5. The van der Waals surface area contributed by atoms with Gasteiger partial charge in [-0.1, -0.05) is 311 Å². The molecule has 0 saturated carbocycles. The first-order chi connectivity index (χ1) is 47.2. The first kappa shape index (κ1) is 93.5. The van der Waals surface area contributed by atoms with Gasteiger partial charge in [0.25, 0.3) is 0 Å². The van der Waals surface area contributed by atoms with Crippen LogP contribution in [-0.2, 0) is 55.8 Å². The molecule has 4 N–H and O–H groups in total. The molecule has 5 unspecified atom stereocenters. The lowest BCUT2D eigenvalue weighted by atomic mass is 10.0. The summed E-state index contributed by atoms with van der Waals surface area (Å²) in [6, 6.07) is 0. The van der Waals surface area contributed by atoms with Crippen LogP contribution in [0.2, 0.25) is 0 Å². The van der Waals surface area contributed by atoms with Crippen molar-refractivity contribution in [2.75, 3.05) is 39.6 Å². The molecule has 0 fully saturated rings. The van der Waals surface area contributed by atoms with Crippen molar-refractivity contribution in [2.45, 2.75) is 347 Å². The highest BCUT2D eigenvalue weighted by Crippen LogP contribution is 2.45. The molecule has 0 bridgehead atoms. The minimum Gasteiger partial charge on any atom is -0.463 e. The minimum absolute atomic E-state index is 0.106. The molecule has 0 spiro atoms. The van der Waals surface area contributed by atoms with E-state index >= 15 is 0 Å². The summed E-state index contributed by atoms with van der Waals surface area (Å²) < 4.78 is 61.0. The Labute approximate surface area is 590 Å². The summed E-state index contributed by atoms with van der Waals surface area (Å²) >= 11 is 0. The average Bonchev–Trinajstić information content (AvgIpc) is 1.59. The van der Waals surface area contributed by atoms with Crippen molar-refractivity contribution >= 4 is 33.6 Å². The number of aliphatic hydroxyl groups excluding tert-OH is 2. The van der Waals surface area contributed by atoms with Crippen LogP contribution in [0.25, 0.3) is 0 Å². The Balaban J connectivity index is 4.33. The molecule has 0 aromatic rings. The summed E-state index contributed by atoms with van der Waals surface area (Å²) in [5, 5.41) is 20.6. The fourth-order valence-corrected chi connectivity index (χ4v) is 12.1. The number of ether oxygens (including phenoxy) is 3. The Kier molecular flexibility index (Phi) is 69.6. The summed E-state index contributed by atoms with van der Waals surface area (Å²) in [7, 11) is -9.77. The van der Waals surface area contributed by atoms with E-state index in [2.05, 4.69) is 118 Å². The van der Waals surface area contributed by atoms with E-state index in [0.29, 0.717) is 19.3 Å². The number of carbonyl (C=O) groups is 3. The maximum absolute atomic E-state index is 12.9. The first-order valence-electron chi connectivity index (χ1n) is 38.5. The van der Waals surface area contributed by atoms with Crippen molar-refractivity contribution in [1.82, 2.24) is 0 Å². The summed E-state index contributed by atoms with van der Waals surface area (Å²) in [6.07, 6.45) is 82.0. The predicted molar refractivity (Wildman–Crippen MR) is 399 cm³/mol. The van der Waals surface area contributed by atoms with Crippen molar-refractivity contribution in [3.8, 4) is 0 Å². The zero-order chi connectivity index (χ0) is 70.9. The Morgan fingerprint density at radius 3 is 0.866 bits per heavy atom. The van der Waals surface area contributed by atoms with Gasteiger partial charge in [-0.15, -0.1) is 0 Å². The van der Waals surface area contributed by atoms with Crippen molar-refractivity contribution < 1.29 is 75.8 Å². The van der Waals surface area contributed by atoms with Crippen molar-refractivity contribution in [2.24, 2.45) is 0 Å². The second-order valence-corrected chi connectivity index (χ2v) is 28.7. The summed E-state index contributed by atoms with van der Waals surface area (Å²) in [5.41, 5.74) is 0. The van der Waals surface area contributed by atoms with Crippen LogP contribution >= 0.6 is 15.6 Å². The van der Waals surface area contributed by atoms with E-state index in [1.807, 2.05) is 0 Å². The van der Waals surface area contributed by atoms with Crippen molar-refractivity contribution in [3.05, 3.63) is 97.2 Å². The molecule has 0 aliphatic heterocycles. The largest absolute Gasteiger partial charge is 0.472 e. The molecule has 0 radical (unpaired) electrons. The van der Waals surface area contributed by atoms with Crippen LogP contribution in [0.4, 0.5) is 0 Å². The maximum atomic E-state index is 12.9. The third-order valence-electron chi connectivity index (χ3n) is 16.3. The fraction of sp³-hybridized carbons (Fsp3) is 0.759. The maximum Gasteiger partial charge on any atom is 0.472 e. The quantitative estimate of drug-likeness (QED) is 0.0146. The molecule has 0 amide bonds. The number of unbranched alkanes of at least 4 members (excludes halogenated alkanes) is 34. The first-order valence-corrected chi connectivity index (χ1v) is 41.5. The van der Waals surface area contributed by atoms with E-state index in [0.717, 1.165) is 141 Å². The Morgan fingerprint density at radius 1 is 0.299 bits per heavy atom. The van der Waals surface area contributed by atoms with E-state index in [-0.39, 0.29) is 19.3 Å². The van der Waals surface area contributed by atoms with Gasteiger partial charge in [0.1, 0.15) is 25.4 Å². The van der Waals surface area contributed by atoms with E-state index in [9.17, 15) is 43.5 Å². The molecular weight excluding hydrogens is 1270 g/mol. The summed E-state index contributed by atoms with van der Waals surface area (Å²) in [6.45, 7) is 2.46. The smallest absolute Gasteiger partial charge is 0.463 e. The lowest BCUT2D eigenvalue weighted by Crippen LogP contribution is -2.30. The van der Waals surface area contributed by atoms with E-state index in [1.165, 1.54) is 128 Å². The zero-order valence-corrected chi connectivity index (χ0v) is 63.0. The van der Waals surface area contributed by atoms with E-state index < -0.39 is 91.5 Å². The zero-order valence-electron chi connectivity index (χ0n) is 61.2. The number of esters is 3. The third-order valence-corrected chi connectivity index (χ3v) is 18.2. The highest BCUT2D eigenvalue weighted by atomic mass is 31.2. The van der Waals surface area contributed by atoms with Gasteiger partial charge in [-0.3, -0.25) is 32.5 Å². The van der Waals surface area contributed by atoms with Gasteiger partial charge in [0, 0.05) is 19.3 Å². The molecule has 0 aromatic heterocycles. The van der Waals surface area contributed by atoms with Crippen molar-refractivity contribution in [3.63, 3.8) is 0 Å². The van der Waals surface area contributed by atoms with E-state index in [1.54, 1.807) is 0 Å². The van der Waals surface area contributed by atoms with Crippen LogP contribution in [0.5, 0.6) is 0 Å². The van der Waals surface area contributed by atoms with Gasteiger partial charge in [-0.05, 0) is 96.3 Å². The number of hydrogen-bond donors (Lipinski definition) is 4. The number of carbonyl (C=O) groups excluding carboxylic acids is 3. The molecule has 0 aliphatic rings. The number of phosphoric acid groups is 2. The monoisotopic (exact) mass is 1410 g/mol. The Hall–Kier alpha value is -3.53. The molecule has 97 heavy (non-hydrogen) atoms. The summed E-state index contributed by atoms with van der Waals surface area (Å²) in [4.78, 5) is 58.4. The van der Waals surface area contributed by atoms with Gasteiger partial charge in [0.05, 0.1) is 26.4 Å². The number of aliphatic hydroxyl groups is 2. The lowest BCUT2D eigenvalue weighted by Gasteiger charge is -2.21. The molecule has 0 aliphatic carbocycles. The number of phosphoric ester groups is 2. The second-order valence-electron chi connectivity index (χ2n) is 25.8. The molecular formula is C79H140O16P2. The normalized spacial score (nSPS) is 14.6. The Bertz CT molecular complexity index is 2150. The predicted octanol–water partition coefficient (Wildman–Crippen LogP) is 22.2. The van der Waals surface area contributed by atoms with Crippen LogP contribution in [0.15, 0.2) is 97.2 Å². The van der Waals surface area contributed by atoms with Crippen molar-refractivity contribution in [1.29, 1.82) is 0 Å². The molecule has 0 aromatic carbocycles. The van der Waals surface area contributed by atoms with Crippen LogP contribution < -0.4 is 0 Å². The van der Waals surface area contributed by atoms with Gasteiger partial charge < -0.3 is 34.2 Å². The van der Waals surface area contributed by atoms with E-state index in [4.69, 9.17) is 32.3 Å². The molecule has 18 heteroatoms. The average molecular weight is 1410 g/mol. The standard InChI is InChI=1S/C79H140O16P2/c1-4-7-10-13-16-19-22-24-26-28-29-30-31-32-33-34-35-36-37-38-39-40-41-42-43-45-47-48-51-53-56-59-62-65-77(82)89-68-74(80)69-91-96(85,86)92-70-75(81)71-93-97(87,88)94-73-76(95-79(84)67-64-61-58-55-50-21-18-15-12-9-6-3)72-90-78(83)66-63-60-57-54-52-49-46-44-27-25-23-20-17-14-11-8-5-2/h7-8,10-11,16-17,19-20,24-27,29-30,32-33,74-76,80-81H,4-6,9,12-15,18,21-23,28,31,34-73H2,1-3H3,(H,85,86)(H,87,88)/b10-7-,11-8-,19-16-,20-17-,26-24-,27-25-,30-29-,33-32-. The van der Waals surface area contributed by atoms with Gasteiger partial charge >= 0.3 is 33.6 Å². The highest BCUT2D eigenvalue weighted by molar-refractivity contribution is 7.47. The van der Waals surface area contributed by atoms with Gasteiger partial charge in [0.15, 0.2) is 6.10 Å². The summed E-state index contributed by atoms with van der Waals surface area (Å²) in [5.74, 6) is -1.57. The molecule has 5 atom stereocenters. The van der Waals surface area contributed by atoms with Crippen LogP contribution in [-0.4, -0.2) is 95.9 Å². The van der Waals surface area contributed by atoms with Crippen LogP contribution in [0.3, 0.4) is 0 Å². The SMILES string of the molecule is CC/C=C\C/C=C\C/C=C\C/C=C\C/C=C\CCCCCCCCCCCCCCCCCCCC(=O)OCC(O)COP(=O)(O)OCC(O)COP(=O)(O)OCC(COC(=O)CCCCCCCCC/C=C\C/C=C\C/C=C\CC)OC(=O)CCCCCCCCCCCCC. The number of allylic oxidation sites excluding steroid dienone is 16. The lowest BCUT2D eigenvalue weighted by molar-refractivity contribution is -0.161. The minimum atomic E-state index is -4.92. The van der Waals surface area contributed by atoms with Crippen LogP contribution in [0, 0.1) is 0 Å². The Morgan fingerprint density at radius 2 is 0.546 bits per heavy atom. The van der Waals surface area contributed by atoms with Crippen LogP contribution in [0.1, 0.15) is 329 Å². The number of rotatable bonds is 73.